The van der Waals surface area contributed by atoms with Crippen LogP contribution < -0.4 is 14.4 Å². The number of aliphatic hydroxyl groups is 1. The van der Waals surface area contributed by atoms with Gasteiger partial charge in [-0.2, -0.15) is 13.2 Å². The fourth-order valence-electron chi connectivity index (χ4n) is 3.52. The first kappa shape index (κ1) is 19.8. The molecule has 156 valence electrons. The van der Waals surface area contributed by atoms with Gasteiger partial charge in [0.2, 0.25) is 0 Å². The van der Waals surface area contributed by atoms with Gasteiger partial charge in [0.25, 0.3) is 0 Å². The summed E-state index contributed by atoms with van der Waals surface area (Å²) in [4.78, 5) is 8.03. The maximum absolute atomic E-state index is 12.7. The maximum Gasteiger partial charge on any atom is 0.417 e. The lowest BCUT2D eigenvalue weighted by Crippen LogP contribution is -2.47. The number of rotatable bonds is 4. The SMILES string of the molecule is O[C@@H](CN1CCN(c2ccc(C(F)(F)F)cn2)CC1)c1ccc2c(c1)OCCO2. The minimum Gasteiger partial charge on any atom is -0.486 e. The molecule has 1 atom stereocenters. The van der Waals surface area contributed by atoms with E-state index in [-0.39, 0.29) is 0 Å². The summed E-state index contributed by atoms with van der Waals surface area (Å²) in [5, 5.41) is 10.6. The molecule has 1 fully saturated rings. The first-order valence-corrected chi connectivity index (χ1v) is 9.48. The van der Waals surface area contributed by atoms with Crippen molar-refractivity contribution in [3.05, 3.63) is 47.7 Å². The van der Waals surface area contributed by atoms with E-state index in [2.05, 4.69) is 9.88 Å². The van der Waals surface area contributed by atoms with Crippen molar-refractivity contribution in [3.8, 4) is 11.5 Å². The van der Waals surface area contributed by atoms with Gasteiger partial charge in [-0.25, -0.2) is 4.98 Å². The molecule has 2 aromatic rings. The van der Waals surface area contributed by atoms with E-state index in [0.29, 0.717) is 63.3 Å². The molecule has 1 N–H and O–H groups in total. The van der Waals surface area contributed by atoms with Gasteiger partial charge in [-0.15, -0.1) is 0 Å². The lowest BCUT2D eigenvalue weighted by molar-refractivity contribution is -0.137. The van der Waals surface area contributed by atoms with Crippen LogP contribution in [0.5, 0.6) is 11.5 Å². The molecule has 2 aliphatic heterocycles. The highest BCUT2D eigenvalue weighted by Gasteiger charge is 2.31. The van der Waals surface area contributed by atoms with Crippen molar-refractivity contribution in [1.29, 1.82) is 0 Å². The first-order chi connectivity index (χ1) is 13.9. The zero-order valence-electron chi connectivity index (χ0n) is 15.7. The Hall–Kier alpha value is -2.52. The molecule has 2 aliphatic rings. The number of hydrogen-bond donors (Lipinski definition) is 1. The van der Waals surface area contributed by atoms with E-state index in [4.69, 9.17) is 9.47 Å². The second-order valence-electron chi connectivity index (χ2n) is 7.11. The summed E-state index contributed by atoms with van der Waals surface area (Å²) in [5.41, 5.74) is 0.0172. The summed E-state index contributed by atoms with van der Waals surface area (Å²) in [6, 6.07) is 7.91. The van der Waals surface area contributed by atoms with Crippen LogP contribution in [0.15, 0.2) is 36.5 Å². The van der Waals surface area contributed by atoms with Crippen molar-refractivity contribution in [2.24, 2.45) is 0 Å². The largest absolute Gasteiger partial charge is 0.486 e. The topological polar surface area (TPSA) is 58.1 Å². The molecular formula is C20H22F3N3O3. The fourth-order valence-corrected chi connectivity index (χ4v) is 3.52. The van der Waals surface area contributed by atoms with E-state index in [1.165, 1.54) is 6.07 Å². The number of aliphatic hydroxyl groups excluding tert-OH is 1. The molecule has 6 nitrogen and oxygen atoms in total. The van der Waals surface area contributed by atoms with Crippen LogP contribution in [0.2, 0.25) is 0 Å². The normalized spacial score (nSPS) is 18.6. The average molecular weight is 409 g/mol. The van der Waals surface area contributed by atoms with Crippen molar-refractivity contribution < 1.29 is 27.8 Å². The highest BCUT2D eigenvalue weighted by atomic mass is 19.4. The van der Waals surface area contributed by atoms with Crippen molar-refractivity contribution in [1.82, 2.24) is 9.88 Å². The second-order valence-corrected chi connectivity index (χ2v) is 7.11. The first-order valence-electron chi connectivity index (χ1n) is 9.48. The molecule has 0 amide bonds. The van der Waals surface area contributed by atoms with Crippen LogP contribution in [0.1, 0.15) is 17.2 Å². The Bertz CT molecular complexity index is 837. The molecule has 0 bridgehead atoms. The number of aromatic nitrogens is 1. The van der Waals surface area contributed by atoms with Gasteiger partial charge in [-0.1, -0.05) is 6.07 Å². The van der Waals surface area contributed by atoms with Crippen LogP contribution in [0.4, 0.5) is 19.0 Å². The number of nitrogens with zero attached hydrogens (tertiary/aromatic N) is 3. The third-order valence-electron chi connectivity index (χ3n) is 5.15. The molecule has 0 aliphatic carbocycles. The van der Waals surface area contributed by atoms with Crippen LogP contribution in [0.3, 0.4) is 0 Å². The summed E-state index contributed by atoms with van der Waals surface area (Å²) in [6.45, 7) is 4.11. The fraction of sp³-hybridized carbons (Fsp3) is 0.450. The van der Waals surface area contributed by atoms with Gasteiger partial charge in [-0.3, -0.25) is 4.90 Å². The monoisotopic (exact) mass is 409 g/mol. The van der Waals surface area contributed by atoms with Crippen LogP contribution in [-0.4, -0.2) is 60.9 Å². The minimum atomic E-state index is -4.38. The molecule has 1 aromatic heterocycles. The predicted octanol–water partition coefficient (Wildman–Crippen LogP) is 2.73. The van der Waals surface area contributed by atoms with E-state index in [0.717, 1.165) is 17.8 Å². The van der Waals surface area contributed by atoms with E-state index in [9.17, 15) is 18.3 Å². The summed E-state index contributed by atoms with van der Waals surface area (Å²) in [7, 11) is 0. The lowest BCUT2D eigenvalue weighted by atomic mass is 10.1. The second kappa shape index (κ2) is 8.08. The van der Waals surface area contributed by atoms with E-state index >= 15 is 0 Å². The van der Waals surface area contributed by atoms with Gasteiger partial charge in [0.05, 0.1) is 11.7 Å². The van der Waals surface area contributed by atoms with Crippen LogP contribution in [0, 0.1) is 0 Å². The number of benzene rings is 1. The Morgan fingerprint density at radius 1 is 1.00 bits per heavy atom. The summed E-state index contributed by atoms with van der Waals surface area (Å²) < 4.78 is 49.1. The zero-order chi connectivity index (χ0) is 20.4. The molecular weight excluding hydrogens is 387 g/mol. The smallest absolute Gasteiger partial charge is 0.417 e. The predicted molar refractivity (Wildman–Crippen MR) is 100 cm³/mol. The number of halogens is 3. The quantitative estimate of drug-likeness (QED) is 0.838. The van der Waals surface area contributed by atoms with E-state index in [1.54, 1.807) is 6.07 Å². The van der Waals surface area contributed by atoms with E-state index < -0.39 is 17.8 Å². The number of hydrogen-bond acceptors (Lipinski definition) is 6. The molecule has 29 heavy (non-hydrogen) atoms. The molecule has 0 saturated carbocycles. The zero-order valence-corrected chi connectivity index (χ0v) is 15.7. The Morgan fingerprint density at radius 3 is 2.38 bits per heavy atom. The Kier molecular flexibility index (Phi) is 5.51. The molecule has 0 radical (unpaired) electrons. The number of anilines is 1. The van der Waals surface area contributed by atoms with Crippen LogP contribution >= 0.6 is 0 Å². The Morgan fingerprint density at radius 2 is 1.72 bits per heavy atom. The highest BCUT2D eigenvalue weighted by Crippen LogP contribution is 2.33. The molecule has 1 saturated heterocycles. The van der Waals surface area contributed by atoms with Crippen molar-refractivity contribution in [2.75, 3.05) is 50.8 Å². The number of piperazine rings is 1. The molecule has 4 rings (SSSR count). The Balaban J connectivity index is 1.32. The standard InChI is InChI=1S/C20H22F3N3O3/c21-20(22,23)15-2-4-19(24-12-15)26-7-5-25(6-8-26)13-16(27)14-1-3-17-18(11-14)29-10-9-28-17/h1-4,11-12,16,27H,5-10,13H2/t16-/m0/s1. The Labute approximate surface area is 166 Å². The van der Waals surface area contributed by atoms with E-state index in [1.807, 2.05) is 17.0 Å². The van der Waals surface area contributed by atoms with Gasteiger partial charge < -0.3 is 19.5 Å². The van der Waals surface area contributed by atoms with Gasteiger partial charge in [0.1, 0.15) is 19.0 Å². The number of ether oxygens (including phenoxy) is 2. The summed E-state index contributed by atoms with van der Waals surface area (Å²) >= 11 is 0. The lowest BCUT2D eigenvalue weighted by Gasteiger charge is -2.36. The van der Waals surface area contributed by atoms with Gasteiger partial charge in [0, 0.05) is 38.9 Å². The molecule has 9 heteroatoms. The van der Waals surface area contributed by atoms with Crippen molar-refractivity contribution in [3.63, 3.8) is 0 Å². The summed E-state index contributed by atoms with van der Waals surface area (Å²) in [5.74, 6) is 1.86. The molecule has 0 spiro atoms. The number of alkyl halides is 3. The average Bonchev–Trinajstić information content (AvgIpc) is 2.73. The van der Waals surface area contributed by atoms with Crippen molar-refractivity contribution >= 4 is 5.82 Å². The number of fused-ring (bicyclic) bond motifs is 1. The summed E-state index contributed by atoms with van der Waals surface area (Å²) in [6.07, 6.45) is -4.18. The van der Waals surface area contributed by atoms with Gasteiger partial charge in [0.15, 0.2) is 11.5 Å². The van der Waals surface area contributed by atoms with Crippen LogP contribution in [0.25, 0.3) is 0 Å². The van der Waals surface area contributed by atoms with Crippen molar-refractivity contribution in [2.45, 2.75) is 12.3 Å². The third-order valence-corrected chi connectivity index (χ3v) is 5.15. The molecule has 3 heterocycles. The number of pyridine rings is 1. The third kappa shape index (κ3) is 4.56. The van der Waals surface area contributed by atoms with Gasteiger partial charge >= 0.3 is 6.18 Å². The highest BCUT2D eigenvalue weighted by molar-refractivity contribution is 5.44. The molecule has 1 aromatic carbocycles. The maximum atomic E-state index is 12.7. The number of β-amino-alcohol motifs (C(OH)–C–C–N with tert-alkyl or cyclic N) is 1. The van der Waals surface area contributed by atoms with Gasteiger partial charge in [-0.05, 0) is 29.8 Å². The minimum absolute atomic E-state index is 0.466. The van der Waals surface area contributed by atoms with Crippen LogP contribution in [-0.2, 0) is 6.18 Å². The molecule has 0 unspecified atom stereocenters.